The van der Waals surface area contributed by atoms with Crippen LogP contribution in [0.15, 0.2) is 29.3 Å². The van der Waals surface area contributed by atoms with Crippen LogP contribution in [-0.2, 0) is 6.54 Å². The highest BCUT2D eigenvalue weighted by atomic mass is 16.1. The predicted molar refractivity (Wildman–Crippen MR) is 70.1 cm³/mol. The van der Waals surface area contributed by atoms with Gasteiger partial charge in [0.05, 0.1) is 0 Å². The van der Waals surface area contributed by atoms with E-state index in [-0.39, 0.29) is 5.43 Å². The van der Waals surface area contributed by atoms with E-state index in [1.807, 2.05) is 12.4 Å². The summed E-state index contributed by atoms with van der Waals surface area (Å²) in [4.78, 5) is 10.9. The molecule has 17 heavy (non-hydrogen) atoms. The Labute approximate surface area is 103 Å². The van der Waals surface area contributed by atoms with Gasteiger partial charge in [0.25, 0.3) is 0 Å². The average molecular weight is 234 g/mol. The largest absolute Gasteiger partial charge is 0.353 e. The predicted octanol–water partition coefficient (Wildman–Crippen LogP) is 2.02. The van der Waals surface area contributed by atoms with Gasteiger partial charge in [0, 0.05) is 43.7 Å². The monoisotopic (exact) mass is 234 g/mol. The summed E-state index contributed by atoms with van der Waals surface area (Å²) in [5.74, 6) is 0.869. The van der Waals surface area contributed by atoms with Crippen LogP contribution in [0, 0.1) is 5.92 Å². The quantitative estimate of drug-likeness (QED) is 0.864. The van der Waals surface area contributed by atoms with Crippen molar-refractivity contribution in [3.8, 4) is 0 Å². The summed E-state index contributed by atoms with van der Waals surface area (Å²) in [5.41, 5.74) is 0.0790. The summed E-state index contributed by atoms with van der Waals surface area (Å²) < 4.78 is 2.06. The molecule has 0 radical (unpaired) electrons. The molecule has 1 aliphatic rings. The maximum absolute atomic E-state index is 10.9. The molecule has 3 heteroatoms. The normalized spacial score (nSPS) is 24.8. The Balaban J connectivity index is 1.72. The molecule has 0 amide bonds. The van der Waals surface area contributed by atoms with Crippen molar-refractivity contribution in [3.05, 3.63) is 34.7 Å². The van der Waals surface area contributed by atoms with Crippen molar-refractivity contribution in [2.45, 2.75) is 45.2 Å². The number of nitrogens with zero attached hydrogens (tertiary/aromatic N) is 1. The Morgan fingerprint density at radius 2 is 2.12 bits per heavy atom. The molecule has 2 unspecified atom stereocenters. The van der Waals surface area contributed by atoms with Gasteiger partial charge in [0.2, 0.25) is 0 Å². The Kier molecular flexibility index (Phi) is 4.37. The van der Waals surface area contributed by atoms with Crippen molar-refractivity contribution in [1.82, 2.24) is 9.88 Å². The summed E-state index contributed by atoms with van der Waals surface area (Å²) in [6.45, 7) is 4.26. The number of hydrogen-bond donors (Lipinski definition) is 1. The molecular formula is C14H22N2O. The van der Waals surface area contributed by atoms with Gasteiger partial charge in [-0.1, -0.05) is 19.8 Å². The number of aromatic nitrogens is 1. The minimum absolute atomic E-state index is 0.0790. The zero-order valence-electron chi connectivity index (χ0n) is 10.6. The molecule has 1 aliphatic carbocycles. The molecule has 0 bridgehead atoms. The summed E-state index contributed by atoms with van der Waals surface area (Å²) in [7, 11) is 0. The van der Waals surface area contributed by atoms with Crippen LogP contribution >= 0.6 is 0 Å². The second-order valence-electron chi connectivity index (χ2n) is 5.19. The van der Waals surface area contributed by atoms with Gasteiger partial charge >= 0.3 is 0 Å². The van der Waals surface area contributed by atoms with Crippen LogP contribution in [0.3, 0.4) is 0 Å². The van der Waals surface area contributed by atoms with Crippen molar-refractivity contribution in [2.75, 3.05) is 6.54 Å². The highest BCUT2D eigenvalue weighted by Crippen LogP contribution is 2.23. The SMILES string of the molecule is CC1CCCC(NCCn2ccc(=O)cc2)C1. The Hall–Kier alpha value is -1.09. The van der Waals surface area contributed by atoms with E-state index < -0.39 is 0 Å². The summed E-state index contributed by atoms with van der Waals surface area (Å²) >= 11 is 0. The zero-order valence-corrected chi connectivity index (χ0v) is 10.6. The van der Waals surface area contributed by atoms with Crippen molar-refractivity contribution in [3.63, 3.8) is 0 Å². The fourth-order valence-corrected chi connectivity index (χ4v) is 2.61. The molecule has 1 aromatic rings. The van der Waals surface area contributed by atoms with Crippen LogP contribution < -0.4 is 10.7 Å². The first-order valence-electron chi connectivity index (χ1n) is 6.63. The van der Waals surface area contributed by atoms with E-state index in [4.69, 9.17) is 0 Å². The highest BCUT2D eigenvalue weighted by Gasteiger charge is 2.17. The van der Waals surface area contributed by atoms with Crippen LogP contribution in [0.1, 0.15) is 32.6 Å². The van der Waals surface area contributed by atoms with Gasteiger partial charge in [-0.15, -0.1) is 0 Å². The lowest BCUT2D eigenvalue weighted by atomic mass is 9.87. The maximum atomic E-state index is 10.9. The van der Waals surface area contributed by atoms with Crippen LogP contribution in [0.2, 0.25) is 0 Å². The average Bonchev–Trinajstić information content (AvgIpc) is 2.32. The maximum Gasteiger partial charge on any atom is 0.181 e. The van der Waals surface area contributed by atoms with E-state index >= 15 is 0 Å². The lowest BCUT2D eigenvalue weighted by Gasteiger charge is -2.27. The highest BCUT2D eigenvalue weighted by molar-refractivity contribution is 4.93. The van der Waals surface area contributed by atoms with Crippen molar-refractivity contribution in [2.24, 2.45) is 5.92 Å². The van der Waals surface area contributed by atoms with Crippen molar-refractivity contribution < 1.29 is 0 Å². The van der Waals surface area contributed by atoms with E-state index in [2.05, 4.69) is 16.8 Å². The molecule has 1 aromatic heterocycles. The van der Waals surface area contributed by atoms with Crippen molar-refractivity contribution in [1.29, 1.82) is 0 Å². The second kappa shape index (κ2) is 6.01. The molecule has 2 rings (SSSR count). The molecule has 0 saturated heterocycles. The summed E-state index contributed by atoms with van der Waals surface area (Å²) in [5, 5.41) is 3.62. The van der Waals surface area contributed by atoms with Crippen LogP contribution in [0.25, 0.3) is 0 Å². The molecular weight excluding hydrogens is 212 g/mol. The fourth-order valence-electron chi connectivity index (χ4n) is 2.61. The van der Waals surface area contributed by atoms with E-state index in [0.29, 0.717) is 6.04 Å². The van der Waals surface area contributed by atoms with E-state index in [0.717, 1.165) is 19.0 Å². The van der Waals surface area contributed by atoms with Crippen molar-refractivity contribution >= 4 is 0 Å². The third-order valence-corrected chi connectivity index (χ3v) is 3.60. The lowest BCUT2D eigenvalue weighted by Crippen LogP contribution is -2.35. The second-order valence-corrected chi connectivity index (χ2v) is 5.19. The van der Waals surface area contributed by atoms with Gasteiger partial charge < -0.3 is 9.88 Å². The smallest absolute Gasteiger partial charge is 0.181 e. The lowest BCUT2D eigenvalue weighted by molar-refractivity contribution is 0.299. The van der Waals surface area contributed by atoms with Crippen LogP contribution in [0.4, 0.5) is 0 Å². The van der Waals surface area contributed by atoms with Gasteiger partial charge in [0.15, 0.2) is 5.43 Å². The first-order valence-corrected chi connectivity index (χ1v) is 6.63. The minimum atomic E-state index is 0.0790. The molecule has 0 aliphatic heterocycles. The van der Waals surface area contributed by atoms with E-state index in [1.165, 1.54) is 25.7 Å². The van der Waals surface area contributed by atoms with Gasteiger partial charge in [-0.3, -0.25) is 4.79 Å². The van der Waals surface area contributed by atoms with Gasteiger partial charge in [-0.25, -0.2) is 0 Å². The first-order chi connectivity index (χ1) is 8.24. The number of nitrogens with one attached hydrogen (secondary N) is 1. The van der Waals surface area contributed by atoms with Crippen LogP contribution in [0.5, 0.6) is 0 Å². The molecule has 0 spiro atoms. The van der Waals surface area contributed by atoms with Gasteiger partial charge in [0.1, 0.15) is 0 Å². The molecule has 2 atom stereocenters. The fraction of sp³-hybridized carbons (Fsp3) is 0.643. The molecule has 94 valence electrons. The third kappa shape index (κ3) is 4.00. The Morgan fingerprint density at radius 3 is 2.82 bits per heavy atom. The first kappa shape index (κ1) is 12.4. The third-order valence-electron chi connectivity index (χ3n) is 3.60. The molecule has 3 nitrogen and oxygen atoms in total. The topological polar surface area (TPSA) is 34.0 Å². The Bertz CT molecular complexity index is 379. The standard InChI is InChI=1S/C14H22N2O/c1-12-3-2-4-13(11-12)15-7-10-16-8-5-14(17)6-9-16/h5-6,8-9,12-13,15H,2-4,7,10-11H2,1H3. The summed E-state index contributed by atoms with van der Waals surface area (Å²) in [6, 6.07) is 3.92. The summed E-state index contributed by atoms with van der Waals surface area (Å²) in [6.07, 6.45) is 9.08. The van der Waals surface area contributed by atoms with Gasteiger partial charge in [-0.2, -0.15) is 0 Å². The number of hydrogen-bond acceptors (Lipinski definition) is 2. The molecule has 1 heterocycles. The molecule has 1 fully saturated rings. The molecule has 0 aromatic carbocycles. The zero-order chi connectivity index (χ0) is 12.1. The number of rotatable bonds is 4. The van der Waals surface area contributed by atoms with E-state index in [1.54, 1.807) is 12.1 Å². The molecule has 1 saturated carbocycles. The van der Waals surface area contributed by atoms with Crippen LogP contribution in [-0.4, -0.2) is 17.2 Å². The minimum Gasteiger partial charge on any atom is -0.353 e. The Morgan fingerprint density at radius 1 is 1.35 bits per heavy atom. The number of pyridine rings is 1. The molecule has 1 N–H and O–H groups in total. The van der Waals surface area contributed by atoms with Gasteiger partial charge in [-0.05, 0) is 18.8 Å². The van der Waals surface area contributed by atoms with E-state index in [9.17, 15) is 4.79 Å².